The van der Waals surface area contributed by atoms with E-state index in [1.54, 1.807) is 5.38 Å². The Morgan fingerprint density at radius 2 is 2.10 bits per heavy atom. The van der Waals surface area contributed by atoms with Crippen LogP contribution in [0.15, 0.2) is 35.7 Å². The fraction of sp³-hybridized carbons (Fsp3) is 0.133. The van der Waals surface area contributed by atoms with E-state index in [9.17, 15) is 4.79 Å². The van der Waals surface area contributed by atoms with Crippen LogP contribution < -0.4 is 5.32 Å². The molecule has 3 aromatic rings. The van der Waals surface area contributed by atoms with E-state index in [0.29, 0.717) is 10.8 Å². The molecule has 0 radical (unpaired) electrons. The topological polar surface area (TPSA) is 64.1 Å². The number of fused-ring (bicyclic) bond motifs is 1. The molecule has 0 saturated heterocycles. The molecule has 0 aliphatic rings. The Hall–Kier alpha value is -2.47. The third-order valence-electron chi connectivity index (χ3n) is 3.00. The summed E-state index contributed by atoms with van der Waals surface area (Å²) in [5.74, 6) is -0.439. The zero-order chi connectivity index (χ0) is 14.8. The van der Waals surface area contributed by atoms with Gasteiger partial charge in [0.15, 0.2) is 10.8 Å². The van der Waals surface area contributed by atoms with Crippen LogP contribution in [-0.4, -0.2) is 23.0 Å². The summed E-state index contributed by atoms with van der Waals surface area (Å²) in [7, 11) is 1.34. The molecule has 2 aromatic heterocycles. The summed E-state index contributed by atoms with van der Waals surface area (Å²) in [6.45, 7) is 1.95. The lowest BCUT2D eigenvalue weighted by Gasteiger charge is -2.07. The van der Waals surface area contributed by atoms with Crippen molar-refractivity contribution in [2.24, 2.45) is 0 Å². The number of benzene rings is 1. The van der Waals surface area contributed by atoms with E-state index in [4.69, 9.17) is 0 Å². The fourth-order valence-electron chi connectivity index (χ4n) is 1.99. The molecule has 0 amide bonds. The van der Waals surface area contributed by atoms with Crippen LogP contribution in [0.2, 0.25) is 0 Å². The molecule has 1 N–H and O–H groups in total. The highest BCUT2D eigenvalue weighted by molar-refractivity contribution is 7.14. The Kier molecular flexibility index (Phi) is 3.53. The fourth-order valence-corrected chi connectivity index (χ4v) is 2.68. The molecule has 0 bridgehead atoms. The van der Waals surface area contributed by atoms with Crippen molar-refractivity contribution in [2.45, 2.75) is 6.92 Å². The summed E-state index contributed by atoms with van der Waals surface area (Å²) in [4.78, 5) is 20.2. The monoisotopic (exact) mass is 299 g/mol. The van der Waals surface area contributed by atoms with Crippen molar-refractivity contribution in [2.75, 3.05) is 12.4 Å². The van der Waals surface area contributed by atoms with E-state index in [1.165, 1.54) is 18.4 Å². The summed E-state index contributed by atoms with van der Waals surface area (Å²) in [6.07, 6.45) is 0. The number of nitrogens with one attached hydrogen (secondary N) is 1. The Balaban J connectivity index is 1.96. The first-order chi connectivity index (χ1) is 10.2. The predicted molar refractivity (Wildman–Crippen MR) is 83.2 cm³/mol. The molecule has 0 saturated carbocycles. The van der Waals surface area contributed by atoms with Gasteiger partial charge in [-0.05, 0) is 19.1 Å². The quantitative estimate of drug-likeness (QED) is 0.749. The molecular weight excluding hydrogens is 286 g/mol. The van der Waals surface area contributed by atoms with Crippen molar-refractivity contribution >= 4 is 39.0 Å². The number of para-hydroxylation sites is 1. The first-order valence-corrected chi connectivity index (χ1v) is 7.22. The molecule has 3 rings (SSSR count). The number of aryl methyl sites for hydroxylation is 1. The highest BCUT2D eigenvalue weighted by atomic mass is 32.1. The van der Waals surface area contributed by atoms with Crippen molar-refractivity contribution < 1.29 is 9.53 Å². The second-order valence-corrected chi connectivity index (χ2v) is 5.34. The summed E-state index contributed by atoms with van der Waals surface area (Å²) in [5.41, 5.74) is 3.00. The van der Waals surface area contributed by atoms with Crippen LogP contribution >= 0.6 is 11.3 Å². The van der Waals surface area contributed by atoms with E-state index >= 15 is 0 Å². The maximum Gasteiger partial charge on any atom is 0.357 e. The normalized spacial score (nSPS) is 10.6. The van der Waals surface area contributed by atoms with E-state index in [2.05, 4.69) is 20.0 Å². The standard InChI is InChI=1S/C15H13N3O2S/c1-9-6-7-10-4-3-5-11(13(10)16-9)17-15-18-12(8-21-15)14(19)20-2/h3-8H,1-2H3,(H,17,18). The second kappa shape index (κ2) is 5.49. The lowest BCUT2D eigenvalue weighted by molar-refractivity contribution is 0.0595. The van der Waals surface area contributed by atoms with Crippen LogP contribution in [0.4, 0.5) is 10.8 Å². The Morgan fingerprint density at radius 1 is 1.24 bits per heavy atom. The Labute approximate surface area is 125 Å². The van der Waals surface area contributed by atoms with Gasteiger partial charge in [0, 0.05) is 16.5 Å². The smallest absolute Gasteiger partial charge is 0.357 e. The van der Waals surface area contributed by atoms with Gasteiger partial charge in [0.1, 0.15) is 0 Å². The molecule has 2 heterocycles. The van der Waals surface area contributed by atoms with Crippen molar-refractivity contribution in [3.63, 3.8) is 0 Å². The number of nitrogens with zero attached hydrogens (tertiary/aromatic N) is 2. The van der Waals surface area contributed by atoms with Gasteiger partial charge in [0.2, 0.25) is 0 Å². The summed E-state index contributed by atoms with van der Waals surface area (Å²) in [5, 5.41) is 6.56. The molecule has 0 aliphatic heterocycles. The molecule has 5 nitrogen and oxygen atoms in total. The minimum absolute atomic E-state index is 0.300. The lowest BCUT2D eigenvalue weighted by Crippen LogP contribution is -2.01. The summed E-state index contributed by atoms with van der Waals surface area (Å²) >= 11 is 1.35. The summed E-state index contributed by atoms with van der Waals surface area (Å²) < 4.78 is 4.65. The number of hydrogen-bond donors (Lipinski definition) is 1. The molecule has 0 unspecified atom stereocenters. The van der Waals surface area contributed by atoms with Crippen molar-refractivity contribution in [1.29, 1.82) is 0 Å². The number of methoxy groups -OCH3 is 1. The number of pyridine rings is 1. The molecule has 1 aromatic carbocycles. The van der Waals surface area contributed by atoms with Gasteiger partial charge in [-0.1, -0.05) is 18.2 Å². The highest BCUT2D eigenvalue weighted by Crippen LogP contribution is 2.27. The molecular formula is C15H13N3O2S. The third-order valence-corrected chi connectivity index (χ3v) is 3.76. The van der Waals surface area contributed by atoms with Gasteiger partial charge < -0.3 is 10.1 Å². The number of anilines is 2. The molecule has 6 heteroatoms. The molecule has 21 heavy (non-hydrogen) atoms. The maximum atomic E-state index is 11.4. The van der Waals surface area contributed by atoms with Crippen LogP contribution in [-0.2, 0) is 4.74 Å². The van der Waals surface area contributed by atoms with E-state index in [1.807, 2.05) is 37.3 Å². The van der Waals surface area contributed by atoms with E-state index in [-0.39, 0.29) is 0 Å². The van der Waals surface area contributed by atoms with Crippen LogP contribution in [0.1, 0.15) is 16.2 Å². The van der Waals surface area contributed by atoms with Crippen molar-refractivity contribution in [1.82, 2.24) is 9.97 Å². The minimum Gasteiger partial charge on any atom is -0.464 e. The van der Waals surface area contributed by atoms with Gasteiger partial charge in [-0.2, -0.15) is 0 Å². The first-order valence-electron chi connectivity index (χ1n) is 6.34. The lowest BCUT2D eigenvalue weighted by atomic mass is 10.2. The second-order valence-electron chi connectivity index (χ2n) is 4.48. The van der Waals surface area contributed by atoms with Gasteiger partial charge >= 0.3 is 5.97 Å². The van der Waals surface area contributed by atoms with Crippen LogP contribution in [0.3, 0.4) is 0 Å². The third kappa shape index (κ3) is 2.71. The molecule has 0 aliphatic carbocycles. The minimum atomic E-state index is -0.439. The number of carbonyl (C=O) groups is 1. The van der Waals surface area contributed by atoms with Crippen LogP contribution in [0, 0.1) is 6.92 Å². The zero-order valence-corrected chi connectivity index (χ0v) is 12.4. The first kappa shape index (κ1) is 13.5. The van der Waals surface area contributed by atoms with Gasteiger partial charge in [-0.3, -0.25) is 4.98 Å². The molecule has 106 valence electrons. The average molecular weight is 299 g/mol. The van der Waals surface area contributed by atoms with Gasteiger partial charge in [0.25, 0.3) is 0 Å². The van der Waals surface area contributed by atoms with Crippen molar-refractivity contribution in [3.8, 4) is 0 Å². The van der Waals surface area contributed by atoms with E-state index < -0.39 is 5.97 Å². The number of thiazole rings is 1. The average Bonchev–Trinajstić information content (AvgIpc) is 2.95. The highest BCUT2D eigenvalue weighted by Gasteiger charge is 2.11. The molecule has 0 atom stereocenters. The zero-order valence-electron chi connectivity index (χ0n) is 11.6. The Morgan fingerprint density at radius 3 is 2.90 bits per heavy atom. The number of aromatic nitrogens is 2. The summed E-state index contributed by atoms with van der Waals surface area (Å²) in [6, 6.07) is 9.91. The SMILES string of the molecule is COC(=O)c1csc(Nc2cccc3ccc(C)nc23)n1. The number of hydrogen-bond acceptors (Lipinski definition) is 6. The van der Waals surface area contributed by atoms with Crippen LogP contribution in [0.5, 0.6) is 0 Å². The maximum absolute atomic E-state index is 11.4. The van der Waals surface area contributed by atoms with Gasteiger partial charge in [0.05, 0.1) is 18.3 Å². The van der Waals surface area contributed by atoms with E-state index in [0.717, 1.165) is 22.3 Å². The van der Waals surface area contributed by atoms with Gasteiger partial charge in [-0.15, -0.1) is 11.3 Å². The van der Waals surface area contributed by atoms with Crippen molar-refractivity contribution in [3.05, 3.63) is 47.1 Å². The molecule has 0 spiro atoms. The Bertz CT molecular complexity index is 814. The number of esters is 1. The predicted octanol–water partition coefficient (Wildman–Crippen LogP) is 3.53. The largest absolute Gasteiger partial charge is 0.464 e. The number of rotatable bonds is 3. The van der Waals surface area contributed by atoms with Gasteiger partial charge in [-0.25, -0.2) is 9.78 Å². The van der Waals surface area contributed by atoms with Crippen LogP contribution in [0.25, 0.3) is 10.9 Å². The number of ether oxygens (including phenoxy) is 1. The number of carbonyl (C=O) groups excluding carboxylic acids is 1. The molecule has 0 fully saturated rings.